The number of pyridine rings is 1. The minimum absolute atomic E-state index is 0.121. The normalized spacial score (nSPS) is 10.4. The van der Waals surface area contributed by atoms with Gasteiger partial charge in [0, 0.05) is 11.9 Å². The number of carbonyl (C=O) groups excluding carboxylic acids is 1. The van der Waals surface area contributed by atoms with Gasteiger partial charge in [-0.25, -0.2) is 9.37 Å². The van der Waals surface area contributed by atoms with Gasteiger partial charge in [0.1, 0.15) is 5.82 Å². The van der Waals surface area contributed by atoms with Crippen LogP contribution in [0.1, 0.15) is 10.4 Å². The minimum atomic E-state index is -0.747. The Morgan fingerprint density at radius 1 is 1.15 bits per heavy atom. The summed E-state index contributed by atoms with van der Waals surface area (Å²) >= 11 is 17.0. The van der Waals surface area contributed by atoms with Crippen molar-refractivity contribution in [2.24, 2.45) is 0 Å². The maximum atomic E-state index is 13.3. The van der Waals surface area contributed by atoms with E-state index in [0.717, 1.165) is 0 Å². The van der Waals surface area contributed by atoms with E-state index < -0.39 is 11.7 Å². The van der Waals surface area contributed by atoms with Gasteiger partial charge in [-0.1, -0.05) is 34.8 Å². The third-order valence-electron chi connectivity index (χ3n) is 2.37. The number of benzene rings is 1. The van der Waals surface area contributed by atoms with Crippen molar-refractivity contribution in [1.29, 1.82) is 0 Å². The van der Waals surface area contributed by atoms with Crippen LogP contribution in [0, 0.1) is 5.82 Å². The highest BCUT2D eigenvalue weighted by atomic mass is 35.5. The zero-order valence-corrected chi connectivity index (χ0v) is 12.0. The number of nitrogen functional groups attached to an aromatic ring is 1. The number of nitrogens with zero attached hydrogens (tertiary/aromatic N) is 1. The molecule has 1 aromatic carbocycles. The first kappa shape index (κ1) is 14.8. The van der Waals surface area contributed by atoms with E-state index in [2.05, 4.69) is 10.3 Å². The summed E-state index contributed by atoms with van der Waals surface area (Å²) < 4.78 is 13.3. The van der Waals surface area contributed by atoms with Gasteiger partial charge in [-0.05, 0) is 18.2 Å². The number of rotatable bonds is 2. The van der Waals surface area contributed by atoms with E-state index in [-0.39, 0.29) is 32.1 Å². The van der Waals surface area contributed by atoms with E-state index >= 15 is 0 Å². The Labute approximate surface area is 128 Å². The molecule has 1 amide bonds. The van der Waals surface area contributed by atoms with Crippen LogP contribution in [0.4, 0.5) is 15.9 Å². The molecule has 3 N–H and O–H groups in total. The van der Waals surface area contributed by atoms with Crippen molar-refractivity contribution in [3.63, 3.8) is 0 Å². The molecule has 20 heavy (non-hydrogen) atoms. The van der Waals surface area contributed by atoms with E-state index in [9.17, 15) is 9.18 Å². The van der Waals surface area contributed by atoms with Crippen molar-refractivity contribution >= 4 is 52.2 Å². The molecule has 104 valence electrons. The Balaban J connectivity index is 2.25. The van der Waals surface area contributed by atoms with E-state index in [1.807, 2.05) is 0 Å². The summed E-state index contributed by atoms with van der Waals surface area (Å²) in [6.45, 7) is 0. The summed E-state index contributed by atoms with van der Waals surface area (Å²) in [5.74, 6) is -1.13. The lowest BCUT2D eigenvalue weighted by atomic mass is 10.2. The summed E-state index contributed by atoms with van der Waals surface area (Å²) in [7, 11) is 0. The van der Waals surface area contributed by atoms with Gasteiger partial charge < -0.3 is 11.1 Å². The average Bonchev–Trinajstić information content (AvgIpc) is 2.39. The molecule has 0 bridgehead atoms. The van der Waals surface area contributed by atoms with Crippen molar-refractivity contribution in [3.05, 3.63) is 50.8 Å². The summed E-state index contributed by atoms with van der Waals surface area (Å²) in [5.41, 5.74) is 5.89. The van der Waals surface area contributed by atoms with Crippen LogP contribution in [0.15, 0.2) is 24.4 Å². The molecule has 2 aromatic rings. The number of anilines is 2. The van der Waals surface area contributed by atoms with E-state index in [1.54, 1.807) is 0 Å². The van der Waals surface area contributed by atoms with Gasteiger partial charge in [0.25, 0.3) is 5.91 Å². The van der Waals surface area contributed by atoms with Crippen LogP contribution in [0.2, 0.25) is 15.1 Å². The summed E-state index contributed by atoms with van der Waals surface area (Å²) in [5, 5.41) is 2.27. The fraction of sp³-hybridized carbons (Fsp3) is 0. The number of amides is 1. The third-order valence-corrected chi connectivity index (χ3v) is 3.23. The molecule has 0 unspecified atom stereocenters. The number of aromatic nitrogens is 1. The van der Waals surface area contributed by atoms with E-state index in [1.165, 1.54) is 24.4 Å². The number of carbonyl (C=O) groups is 1. The van der Waals surface area contributed by atoms with Crippen molar-refractivity contribution < 1.29 is 9.18 Å². The fourth-order valence-electron chi connectivity index (χ4n) is 1.40. The van der Waals surface area contributed by atoms with Crippen LogP contribution < -0.4 is 11.1 Å². The molecule has 0 aliphatic rings. The zero-order chi connectivity index (χ0) is 14.9. The Hall–Kier alpha value is -1.56. The highest BCUT2D eigenvalue weighted by molar-refractivity contribution is 6.35. The summed E-state index contributed by atoms with van der Waals surface area (Å²) in [6, 6.07) is 3.85. The summed E-state index contributed by atoms with van der Waals surface area (Å²) in [4.78, 5) is 15.7. The van der Waals surface area contributed by atoms with Crippen LogP contribution in [-0.2, 0) is 0 Å². The van der Waals surface area contributed by atoms with Crippen molar-refractivity contribution in [3.8, 4) is 0 Å². The first-order chi connectivity index (χ1) is 9.38. The molecule has 1 heterocycles. The Morgan fingerprint density at radius 2 is 1.75 bits per heavy atom. The van der Waals surface area contributed by atoms with Gasteiger partial charge in [0.15, 0.2) is 5.82 Å². The molecule has 0 saturated heterocycles. The first-order valence-corrected chi connectivity index (χ1v) is 6.39. The predicted molar refractivity (Wildman–Crippen MR) is 78.0 cm³/mol. The second-order valence-corrected chi connectivity index (χ2v) is 5.02. The monoisotopic (exact) mass is 333 g/mol. The highest BCUT2D eigenvalue weighted by Crippen LogP contribution is 2.27. The van der Waals surface area contributed by atoms with Gasteiger partial charge >= 0.3 is 0 Å². The minimum Gasteiger partial charge on any atom is -0.382 e. The lowest BCUT2D eigenvalue weighted by Crippen LogP contribution is -2.12. The number of hydrogen-bond donors (Lipinski definition) is 2. The molecule has 0 saturated carbocycles. The maximum absolute atomic E-state index is 13.3. The highest BCUT2D eigenvalue weighted by Gasteiger charge is 2.12. The van der Waals surface area contributed by atoms with Gasteiger partial charge in [-0.15, -0.1) is 0 Å². The standard InChI is InChI=1S/C12H7Cl3FN3O/c13-7-2-6(3-8(14)10(7)16)19-12(20)5-1-9(15)11(17)18-4-5/h1-4H,(H2,17,18)(H,19,20). The van der Waals surface area contributed by atoms with Crippen molar-refractivity contribution in [2.75, 3.05) is 11.1 Å². The van der Waals surface area contributed by atoms with E-state index in [0.29, 0.717) is 0 Å². The largest absolute Gasteiger partial charge is 0.382 e. The third kappa shape index (κ3) is 3.12. The molecule has 1 aromatic heterocycles. The molecule has 4 nitrogen and oxygen atoms in total. The molecule has 0 aliphatic carbocycles. The second kappa shape index (κ2) is 5.83. The van der Waals surface area contributed by atoms with Crippen LogP contribution in [0.5, 0.6) is 0 Å². The lowest BCUT2D eigenvalue weighted by molar-refractivity contribution is 0.102. The predicted octanol–water partition coefficient (Wildman–Crippen LogP) is 4.02. The van der Waals surface area contributed by atoms with Crippen molar-refractivity contribution in [2.45, 2.75) is 0 Å². The number of nitrogens with two attached hydrogens (primary N) is 1. The van der Waals surface area contributed by atoms with Crippen LogP contribution in [0.3, 0.4) is 0 Å². The Kier molecular flexibility index (Phi) is 4.32. The van der Waals surface area contributed by atoms with Crippen LogP contribution in [0.25, 0.3) is 0 Å². The van der Waals surface area contributed by atoms with Crippen molar-refractivity contribution in [1.82, 2.24) is 4.98 Å². The zero-order valence-electron chi connectivity index (χ0n) is 9.75. The smallest absolute Gasteiger partial charge is 0.257 e. The molecule has 8 heteroatoms. The average molecular weight is 335 g/mol. The quantitative estimate of drug-likeness (QED) is 0.815. The second-order valence-electron chi connectivity index (χ2n) is 3.80. The molecular formula is C12H7Cl3FN3O. The van der Waals surface area contributed by atoms with Gasteiger partial charge in [0.2, 0.25) is 0 Å². The summed E-state index contributed by atoms with van der Waals surface area (Å²) in [6.07, 6.45) is 1.27. The molecule has 2 rings (SSSR count). The molecule has 0 fully saturated rings. The first-order valence-electron chi connectivity index (χ1n) is 5.25. The molecule has 0 aliphatic heterocycles. The van der Waals surface area contributed by atoms with Crippen LogP contribution >= 0.6 is 34.8 Å². The van der Waals surface area contributed by atoms with Gasteiger partial charge in [0.05, 0.1) is 20.6 Å². The van der Waals surface area contributed by atoms with Gasteiger partial charge in [-0.3, -0.25) is 4.79 Å². The number of nitrogens with one attached hydrogen (secondary N) is 1. The fourth-order valence-corrected chi connectivity index (χ4v) is 2.06. The molecule has 0 atom stereocenters. The number of hydrogen-bond acceptors (Lipinski definition) is 3. The number of halogens is 4. The topological polar surface area (TPSA) is 68.0 Å². The lowest BCUT2D eigenvalue weighted by Gasteiger charge is -2.08. The molecule has 0 radical (unpaired) electrons. The molecule has 0 spiro atoms. The van der Waals surface area contributed by atoms with E-state index in [4.69, 9.17) is 40.5 Å². The van der Waals surface area contributed by atoms with Gasteiger partial charge in [-0.2, -0.15) is 0 Å². The molecular weight excluding hydrogens is 328 g/mol. The maximum Gasteiger partial charge on any atom is 0.257 e. The van der Waals surface area contributed by atoms with Crippen LogP contribution in [-0.4, -0.2) is 10.9 Å². The Morgan fingerprint density at radius 3 is 2.30 bits per heavy atom. The Bertz CT molecular complexity index is 671. The SMILES string of the molecule is Nc1ncc(C(=O)Nc2cc(Cl)c(F)c(Cl)c2)cc1Cl.